The molecule has 18 atom stereocenters. The molecular weight excluding hydrogens is 1510 g/mol. The average molecular weight is 1630 g/mol. The quantitative estimate of drug-likeness (QED) is 0.0593. The van der Waals surface area contributed by atoms with E-state index in [0.29, 0.717) is 69.4 Å². The lowest BCUT2D eigenvalue weighted by Crippen LogP contribution is -2.37. The number of allylic oxidation sites excluding steroid dienone is 15. The Morgan fingerprint density at radius 3 is 0.786 bits per heavy atom. The Morgan fingerprint density at radius 1 is 0.368 bits per heavy atom. The van der Waals surface area contributed by atoms with Crippen LogP contribution >= 0.6 is 0 Å². The highest BCUT2D eigenvalue weighted by molar-refractivity contribution is 6.25. The van der Waals surface area contributed by atoms with Crippen LogP contribution in [-0.2, 0) is 85.8 Å². The van der Waals surface area contributed by atoms with Crippen LogP contribution in [0, 0.1) is 35.5 Å². The van der Waals surface area contributed by atoms with Gasteiger partial charge in [-0.05, 0) is 135 Å². The molecule has 0 aromatic carbocycles. The van der Waals surface area contributed by atoms with Crippen LogP contribution in [0.5, 0.6) is 0 Å². The maximum atomic E-state index is 13.2. The number of nitrogens with two attached hydrogens (primary N) is 3. The third kappa shape index (κ3) is 28.7. The maximum Gasteiger partial charge on any atom is 0.405 e. The van der Waals surface area contributed by atoms with Crippen molar-refractivity contribution in [1.29, 1.82) is 0 Å². The standard InChI is InChI=1S/3C29H40N2O8/c3*1-15-11-20-19(5)22(32)14-21(26(20)34)31-28(35)16(2)9-8-10-23(37-6)27(39-29(30)36)18(4)13-17(3)25(33)24(12-15)38-7/h3*8-10,13-15,17,23-25,27,33H,11-12H2,1-7H3,(H2,30,36)(H,31,35)/b3*10-8-,16-9+,18-13+/t3*15-,17+,23+,24+,25-,27+/m111/s1. The topological polar surface area (TPSA) is 463 Å². The second-order valence-corrected chi connectivity index (χ2v) is 30.5. The number of fused-ring (bicyclic) bond motifs is 6. The number of nitrogens with one attached hydrogen (secondary N) is 3. The molecule has 0 spiro atoms. The van der Waals surface area contributed by atoms with E-state index in [1.165, 1.54) is 60.9 Å². The number of amides is 6. The van der Waals surface area contributed by atoms with Crippen molar-refractivity contribution in [2.24, 2.45) is 52.7 Å². The van der Waals surface area contributed by atoms with Gasteiger partial charge in [0.05, 0.1) is 53.7 Å². The molecule has 3 heterocycles. The van der Waals surface area contributed by atoms with Crippen LogP contribution in [0.3, 0.4) is 0 Å². The van der Waals surface area contributed by atoms with Crippen molar-refractivity contribution in [2.75, 3.05) is 42.7 Å². The summed E-state index contributed by atoms with van der Waals surface area (Å²) in [4.78, 5) is 151. The van der Waals surface area contributed by atoms with Gasteiger partial charge in [0.25, 0.3) is 17.7 Å². The number of Topliss-reactive ketones (excluding diaryl/α,β-unsaturated/α-hetero) is 3. The SMILES string of the molecule is CO[C@H]1/C=C\C=C(/C)C(=O)NC2=CC(=O)C(C)=C(C[C@@H](C)C[C@H](OC)[C@H](O)[C@@H](C)/C=C(\C)[C@@H]1OC(N)=O)C2=O.CO[C@H]1/C=C\C=C(/C)C(=O)NC2=CC(=O)C(C)=C(C[C@@H](C)C[C@H](OC)[C@H](O)[C@@H](C)/C=C(\C)[C@@H]1OC(N)=O)C2=O.CO[C@H]1/C=C\C=C(/C)C(=O)NC2=CC(=O)C(C)=C(C[C@@H](C)C[C@H](OC)[C@H](O)[C@@H](C)/C=C(\C)[C@@H]1OC(N)=O)C2=O. The fourth-order valence-corrected chi connectivity index (χ4v) is 14.2. The molecule has 30 heteroatoms. The molecule has 6 bridgehead atoms. The normalized spacial score (nSPS) is 33.3. The Morgan fingerprint density at radius 2 is 0.590 bits per heavy atom. The van der Waals surface area contributed by atoms with Gasteiger partial charge in [0.1, 0.15) is 18.3 Å². The first kappa shape index (κ1) is 99.3. The third-order valence-corrected chi connectivity index (χ3v) is 21.2. The Balaban J connectivity index is 0.000000369. The van der Waals surface area contributed by atoms with E-state index >= 15 is 0 Å². The van der Waals surface area contributed by atoms with E-state index in [9.17, 15) is 72.9 Å². The van der Waals surface area contributed by atoms with Crippen molar-refractivity contribution < 1.29 is 115 Å². The number of carbonyl (C=O) groups is 12. The van der Waals surface area contributed by atoms with Crippen LogP contribution in [0.15, 0.2) is 175 Å². The Labute approximate surface area is 685 Å². The second kappa shape index (κ2) is 46.8. The smallest absolute Gasteiger partial charge is 0.405 e. The summed E-state index contributed by atoms with van der Waals surface area (Å²) in [5.74, 6) is -5.62. The van der Waals surface area contributed by atoms with Crippen LogP contribution in [0.4, 0.5) is 14.4 Å². The maximum absolute atomic E-state index is 13.2. The van der Waals surface area contributed by atoms with Crippen LogP contribution < -0.4 is 33.2 Å². The first-order chi connectivity index (χ1) is 54.9. The zero-order valence-corrected chi connectivity index (χ0v) is 70.9. The molecule has 6 rings (SSSR count). The fourth-order valence-electron chi connectivity index (χ4n) is 14.2. The summed E-state index contributed by atoms with van der Waals surface area (Å²) in [7, 11) is 8.79. The number of aliphatic hydroxyl groups is 3. The van der Waals surface area contributed by atoms with E-state index in [4.69, 9.17) is 59.8 Å². The van der Waals surface area contributed by atoms with E-state index in [1.54, 1.807) is 117 Å². The summed E-state index contributed by atoms with van der Waals surface area (Å²) in [6.07, 6.45) is 12.1. The van der Waals surface area contributed by atoms with Gasteiger partial charge in [-0.2, -0.15) is 0 Å². The predicted octanol–water partition coefficient (Wildman–Crippen LogP) is 8.47. The van der Waals surface area contributed by atoms with Gasteiger partial charge >= 0.3 is 18.3 Å². The minimum absolute atomic E-state index is 0.0890. The Kier molecular flexibility index (Phi) is 39.7. The van der Waals surface area contributed by atoms with Gasteiger partial charge in [-0.15, -0.1) is 0 Å². The minimum atomic E-state index is -0.993. The summed E-state index contributed by atoms with van der Waals surface area (Å²) in [6, 6.07) is 0. The molecule has 0 aromatic rings. The number of ether oxygens (including phenoxy) is 9. The lowest BCUT2D eigenvalue weighted by atomic mass is 9.84. The molecule has 30 nitrogen and oxygen atoms in total. The lowest BCUT2D eigenvalue weighted by Gasteiger charge is -2.30. The van der Waals surface area contributed by atoms with Crippen molar-refractivity contribution in [2.45, 2.75) is 216 Å². The number of primary amides is 3. The van der Waals surface area contributed by atoms with Crippen molar-refractivity contribution in [3.63, 3.8) is 0 Å². The molecule has 3 aliphatic heterocycles. The van der Waals surface area contributed by atoms with E-state index in [0.717, 1.165) is 18.2 Å². The number of hydrogen-bond donors (Lipinski definition) is 9. The highest BCUT2D eigenvalue weighted by atomic mass is 16.6. The Hall–Kier alpha value is -10.0. The van der Waals surface area contributed by atoms with Gasteiger partial charge in [-0.25, -0.2) is 14.4 Å². The minimum Gasteiger partial charge on any atom is -0.439 e. The molecule has 117 heavy (non-hydrogen) atoms. The molecule has 642 valence electrons. The van der Waals surface area contributed by atoms with E-state index in [-0.39, 0.29) is 88.2 Å². The first-order valence-electron chi connectivity index (χ1n) is 38.6. The Bertz CT molecular complexity index is 3810. The van der Waals surface area contributed by atoms with E-state index < -0.39 is 144 Å². The summed E-state index contributed by atoms with van der Waals surface area (Å²) in [5.41, 5.74) is 20.3. The van der Waals surface area contributed by atoms with Crippen LogP contribution in [0.1, 0.15) is 142 Å². The van der Waals surface area contributed by atoms with Gasteiger partial charge in [0, 0.05) is 129 Å². The van der Waals surface area contributed by atoms with Crippen molar-refractivity contribution in [3.05, 3.63) is 175 Å². The van der Waals surface area contributed by atoms with Gasteiger partial charge in [0.15, 0.2) is 35.7 Å². The lowest BCUT2D eigenvalue weighted by molar-refractivity contribution is -0.120. The number of rotatable bonds is 9. The highest BCUT2D eigenvalue weighted by Crippen LogP contribution is 2.34. The van der Waals surface area contributed by atoms with Gasteiger partial charge in [0.2, 0.25) is 17.3 Å². The predicted molar refractivity (Wildman–Crippen MR) is 436 cm³/mol. The highest BCUT2D eigenvalue weighted by Gasteiger charge is 2.38. The molecular formula is C87H120N6O24. The van der Waals surface area contributed by atoms with Crippen LogP contribution in [-0.4, -0.2) is 202 Å². The summed E-state index contributed by atoms with van der Waals surface area (Å²) in [6.45, 7) is 25.8. The number of aliphatic hydroxyl groups excluding tert-OH is 3. The average Bonchev–Trinajstić information content (AvgIpc) is 1.23. The van der Waals surface area contributed by atoms with Crippen molar-refractivity contribution in [1.82, 2.24) is 16.0 Å². The zero-order chi connectivity index (χ0) is 88.3. The summed E-state index contributed by atoms with van der Waals surface area (Å²) in [5, 5.41) is 41.0. The fraction of sp³-hybridized carbons (Fsp3) is 0.517. The van der Waals surface area contributed by atoms with Gasteiger partial charge < -0.3 is 91.1 Å². The molecule has 3 aliphatic carbocycles. The molecule has 0 aromatic heterocycles. The third-order valence-electron chi connectivity index (χ3n) is 21.2. The molecule has 0 unspecified atom stereocenters. The summed E-state index contributed by atoms with van der Waals surface area (Å²) >= 11 is 0. The van der Waals surface area contributed by atoms with Crippen molar-refractivity contribution in [3.8, 4) is 0 Å². The van der Waals surface area contributed by atoms with Crippen molar-refractivity contribution >= 4 is 70.7 Å². The molecule has 0 saturated carbocycles. The van der Waals surface area contributed by atoms with E-state index in [2.05, 4.69) is 16.0 Å². The van der Waals surface area contributed by atoms with Crippen LogP contribution in [0.25, 0.3) is 0 Å². The molecule has 6 amide bonds. The molecule has 12 N–H and O–H groups in total. The molecule has 0 fully saturated rings. The first-order valence-corrected chi connectivity index (χ1v) is 38.6. The molecule has 6 aliphatic rings. The number of ketones is 6. The molecule has 0 radical (unpaired) electrons. The molecule has 0 saturated heterocycles. The summed E-state index contributed by atoms with van der Waals surface area (Å²) < 4.78 is 49.5. The number of hydrogen-bond acceptors (Lipinski definition) is 24. The number of methoxy groups -OCH3 is 6. The van der Waals surface area contributed by atoms with Gasteiger partial charge in [-0.3, -0.25) is 43.2 Å². The zero-order valence-electron chi connectivity index (χ0n) is 70.9. The number of carbonyl (C=O) groups excluding carboxylic acids is 12. The van der Waals surface area contributed by atoms with E-state index in [1.807, 2.05) is 41.5 Å². The van der Waals surface area contributed by atoms with Gasteiger partial charge in [-0.1, -0.05) is 114 Å². The second-order valence-electron chi connectivity index (χ2n) is 30.5. The largest absolute Gasteiger partial charge is 0.439 e. The monoisotopic (exact) mass is 1630 g/mol. The van der Waals surface area contributed by atoms with Crippen LogP contribution in [0.2, 0.25) is 0 Å².